The summed E-state index contributed by atoms with van der Waals surface area (Å²) in [4.78, 5) is 15.0. The Kier molecular flexibility index (Phi) is 7.20. The second kappa shape index (κ2) is 12.7. The second-order valence-electron chi connectivity index (χ2n) is 16.1. The van der Waals surface area contributed by atoms with Gasteiger partial charge >= 0.3 is 0 Å². The monoisotopic (exact) mass is 755 g/mol. The molecule has 0 spiro atoms. The van der Waals surface area contributed by atoms with E-state index in [1.807, 2.05) is 60.7 Å². The van der Waals surface area contributed by atoms with Crippen molar-refractivity contribution in [2.45, 2.75) is 19.3 Å². The van der Waals surface area contributed by atoms with Crippen LogP contribution in [0.2, 0.25) is 0 Å². The third-order valence-corrected chi connectivity index (χ3v) is 12.4. The Morgan fingerprint density at radius 3 is 1.47 bits per heavy atom. The average Bonchev–Trinajstić information content (AvgIpc) is 3.87. The van der Waals surface area contributed by atoms with Gasteiger partial charge in [0.05, 0.1) is 22.1 Å². The number of nitrogens with zero attached hydrogens (tertiary/aromatic N) is 5. The first kappa shape index (κ1) is 33.5. The van der Waals surface area contributed by atoms with Gasteiger partial charge in [-0.25, -0.2) is 15.0 Å². The number of fused-ring (bicyclic) bond motifs is 9. The van der Waals surface area contributed by atoms with Gasteiger partial charge in [-0.15, -0.1) is 0 Å². The van der Waals surface area contributed by atoms with Crippen molar-refractivity contribution in [1.82, 2.24) is 24.1 Å². The minimum atomic E-state index is -0.137. The first-order valence-electron chi connectivity index (χ1n) is 20.2. The van der Waals surface area contributed by atoms with Gasteiger partial charge in [-0.2, -0.15) is 0 Å². The highest BCUT2D eigenvalue weighted by Gasteiger charge is 2.36. The van der Waals surface area contributed by atoms with Crippen LogP contribution in [0.1, 0.15) is 25.0 Å². The summed E-state index contributed by atoms with van der Waals surface area (Å²) in [5.74, 6) is 1.94. The van der Waals surface area contributed by atoms with E-state index in [1.54, 1.807) is 0 Å². The Hall–Kier alpha value is -7.63. The normalized spacial score (nSPS) is 13.1. The van der Waals surface area contributed by atoms with Gasteiger partial charge in [-0.3, -0.25) is 0 Å². The minimum Gasteiger partial charge on any atom is -0.309 e. The lowest BCUT2D eigenvalue weighted by molar-refractivity contribution is 0.661. The minimum absolute atomic E-state index is 0.137. The molecule has 0 atom stereocenters. The number of aromatic nitrogens is 5. The van der Waals surface area contributed by atoms with Gasteiger partial charge in [0, 0.05) is 55.0 Å². The summed E-state index contributed by atoms with van der Waals surface area (Å²) in [7, 11) is 0. The van der Waals surface area contributed by atoms with Crippen LogP contribution in [-0.4, -0.2) is 24.1 Å². The molecular weight excluding hydrogens is 719 g/mol. The highest BCUT2D eigenvalue weighted by molar-refractivity contribution is 6.20. The second-order valence-corrected chi connectivity index (χ2v) is 16.1. The number of benzene rings is 8. The van der Waals surface area contributed by atoms with Crippen LogP contribution in [0, 0.1) is 0 Å². The molecule has 5 heteroatoms. The molecule has 0 unspecified atom stereocenters. The number of hydrogen-bond donors (Lipinski definition) is 0. The molecule has 0 saturated heterocycles. The fourth-order valence-electron chi connectivity index (χ4n) is 9.50. The molecule has 0 saturated carbocycles. The Balaban J connectivity index is 1.11. The topological polar surface area (TPSA) is 48.5 Å². The molecule has 0 bridgehead atoms. The van der Waals surface area contributed by atoms with Gasteiger partial charge in [0.2, 0.25) is 0 Å². The van der Waals surface area contributed by atoms with E-state index in [1.165, 1.54) is 60.3 Å². The number of para-hydroxylation sites is 2. The highest BCUT2D eigenvalue weighted by Crippen LogP contribution is 2.51. The maximum absolute atomic E-state index is 5.03. The lowest BCUT2D eigenvalue weighted by Crippen LogP contribution is -2.14. The summed E-state index contributed by atoms with van der Waals surface area (Å²) in [6.07, 6.45) is 0. The Labute approximate surface area is 341 Å². The fraction of sp³-hybridized carbons (Fsp3) is 0.0556. The van der Waals surface area contributed by atoms with Crippen molar-refractivity contribution in [3.63, 3.8) is 0 Å². The molecule has 12 rings (SSSR count). The van der Waals surface area contributed by atoms with Crippen molar-refractivity contribution in [1.29, 1.82) is 0 Å². The van der Waals surface area contributed by atoms with Gasteiger partial charge in [0.25, 0.3) is 0 Å². The third kappa shape index (κ3) is 5.08. The van der Waals surface area contributed by atoms with Crippen molar-refractivity contribution < 1.29 is 0 Å². The zero-order chi connectivity index (χ0) is 39.2. The van der Waals surface area contributed by atoms with Gasteiger partial charge in [0.1, 0.15) is 0 Å². The van der Waals surface area contributed by atoms with Crippen LogP contribution in [0.5, 0.6) is 0 Å². The molecule has 1 aliphatic rings. The predicted molar refractivity (Wildman–Crippen MR) is 242 cm³/mol. The molecule has 8 aromatic carbocycles. The third-order valence-electron chi connectivity index (χ3n) is 12.4. The molecule has 3 heterocycles. The Morgan fingerprint density at radius 1 is 0.339 bits per heavy atom. The van der Waals surface area contributed by atoms with E-state index in [9.17, 15) is 0 Å². The van der Waals surface area contributed by atoms with E-state index in [0.717, 1.165) is 33.6 Å². The van der Waals surface area contributed by atoms with E-state index in [2.05, 4.69) is 150 Å². The fourth-order valence-corrected chi connectivity index (χ4v) is 9.50. The van der Waals surface area contributed by atoms with Crippen molar-refractivity contribution in [3.8, 4) is 56.7 Å². The summed E-state index contributed by atoms with van der Waals surface area (Å²) in [6.45, 7) is 4.72. The Bertz CT molecular complexity index is 3380. The van der Waals surface area contributed by atoms with Crippen LogP contribution < -0.4 is 0 Å². The molecule has 1 aliphatic carbocycles. The molecule has 0 fully saturated rings. The van der Waals surface area contributed by atoms with E-state index < -0.39 is 0 Å². The van der Waals surface area contributed by atoms with E-state index >= 15 is 0 Å². The smallest absolute Gasteiger partial charge is 0.164 e. The first-order chi connectivity index (χ1) is 29.0. The van der Waals surface area contributed by atoms with Crippen LogP contribution in [0.25, 0.3) is 100 Å². The molecule has 278 valence electrons. The van der Waals surface area contributed by atoms with E-state index in [0.29, 0.717) is 17.5 Å². The molecule has 0 radical (unpaired) electrons. The molecule has 5 nitrogen and oxygen atoms in total. The van der Waals surface area contributed by atoms with Gasteiger partial charge < -0.3 is 9.13 Å². The first-order valence-corrected chi connectivity index (χ1v) is 20.2. The molecule has 0 aliphatic heterocycles. The van der Waals surface area contributed by atoms with E-state index in [-0.39, 0.29) is 5.41 Å². The predicted octanol–water partition coefficient (Wildman–Crippen LogP) is 13.4. The summed E-state index contributed by atoms with van der Waals surface area (Å²) < 4.78 is 4.86. The van der Waals surface area contributed by atoms with Crippen molar-refractivity contribution >= 4 is 43.6 Å². The quantitative estimate of drug-likeness (QED) is 0.176. The van der Waals surface area contributed by atoms with Crippen LogP contribution in [-0.2, 0) is 5.41 Å². The summed E-state index contributed by atoms with van der Waals surface area (Å²) in [5, 5.41) is 4.96. The summed E-state index contributed by atoms with van der Waals surface area (Å²) in [5.41, 5.74) is 15.0. The highest BCUT2D eigenvalue weighted by atomic mass is 15.0. The number of hydrogen-bond acceptors (Lipinski definition) is 3. The maximum Gasteiger partial charge on any atom is 0.164 e. The van der Waals surface area contributed by atoms with Crippen molar-refractivity contribution in [3.05, 3.63) is 199 Å². The molecule has 0 N–H and O–H groups in total. The average molecular weight is 756 g/mol. The van der Waals surface area contributed by atoms with Gasteiger partial charge in [-0.1, -0.05) is 135 Å². The van der Waals surface area contributed by atoms with Crippen LogP contribution in [0.15, 0.2) is 188 Å². The lowest BCUT2D eigenvalue weighted by Gasteiger charge is -2.21. The summed E-state index contributed by atoms with van der Waals surface area (Å²) >= 11 is 0. The Morgan fingerprint density at radius 2 is 0.814 bits per heavy atom. The van der Waals surface area contributed by atoms with Gasteiger partial charge in [0.15, 0.2) is 17.5 Å². The molecular formula is C54H37N5. The van der Waals surface area contributed by atoms with Crippen LogP contribution in [0.3, 0.4) is 0 Å². The lowest BCUT2D eigenvalue weighted by atomic mass is 9.82. The molecule has 11 aromatic rings. The zero-order valence-electron chi connectivity index (χ0n) is 32.6. The number of rotatable bonds is 5. The standard InChI is InChI=1S/C54H37N5/c1-54(2)45-24-14-12-22-39(45)41-30-43-44-31-42-40-23-13-15-25-47(40)58(37-20-10-5-11-21-37)49(42)33-50(44)59(48(43)32-46(41)54)38-28-26-36(27-29-38)53-56-51(34-16-6-3-7-17-34)55-52(57-53)35-18-8-4-9-19-35/h3-33H,1-2H3. The molecule has 0 amide bonds. The zero-order valence-corrected chi connectivity index (χ0v) is 32.6. The molecule has 59 heavy (non-hydrogen) atoms. The van der Waals surface area contributed by atoms with Crippen molar-refractivity contribution in [2.24, 2.45) is 0 Å². The SMILES string of the molecule is CC1(C)c2ccccc2-c2cc3c4cc5c6ccccc6n(-c6ccccc6)c5cc4n(-c4ccc(-c5nc(-c6ccccc6)nc(-c6ccccc6)n5)cc4)c3cc21. The largest absolute Gasteiger partial charge is 0.309 e. The van der Waals surface area contributed by atoms with Crippen LogP contribution in [0.4, 0.5) is 0 Å². The van der Waals surface area contributed by atoms with Crippen LogP contribution >= 0.6 is 0 Å². The van der Waals surface area contributed by atoms with Crippen molar-refractivity contribution in [2.75, 3.05) is 0 Å². The molecule has 3 aromatic heterocycles. The summed E-state index contributed by atoms with van der Waals surface area (Å²) in [6, 6.07) is 67.1. The van der Waals surface area contributed by atoms with Gasteiger partial charge in [-0.05, 0) is 89.0 Å². The van der Waals surface area contributed by atoms with E-state index in [4.69, 9.17) is 15.0 Å². The maximum atomic E-state index is 5.03.